The second kappa shape index (κ2) is 11.2. The van der Waals surface area contributed by atoms with Gasteiger partial charge in [0.15, 0.2) is 12.6 Å². The number of para-hydroxylation sites is 1. The average Bonchev–Trinajstić information content (AvgIpc) is 2.74. The van der Waals surface area contributed by atoms with Crippen molar-refractivity contribution >= 4 is 28.7 Å². The third kappa shape index (κ3) is 7.35. The topological polar surface area (TPSA) is 113 Å². The van der Waals surface area contributed by atoms with Gasteiger partial charge in [-0.3, -0.25) is 4.79 Å². The molecule has 0 unspecified atom stereocenters. The number of hydrogen-bond donors (Lipinski definition) is 1. The van der Waals surface area contributed by atoms with Gasteiger partial charge in [-0.2, -0.15) is 0 Å². The van der Waals surface area contributed by atoms with Crippen molar-refractivity contribution in [3.8, 4) is 5.88 Å². The Bertz CT molecular complexity index is 982. The SMILES string of the molecule is C=CCOC[C@H](NC(=O)OC(C)(C)C)C(=O)OCC(=O)c1cc2ccccc2nc1OC. The van der Waals surface area contributed by atoms with Gasteiger partial charge in [0.1, 0.15) is 5.60 Å². The molecule has 9 nitrogen and oxygen atoms in total. The molecule has 0 aliphatic rings. The minimum absolute atomic E-state index is 0.127. The monoisotopic (exact) mass is 444 g/mol. The van der Waals surface area contributed by atoms with Gasteiger partial charge >= 0.3 is 12.1 Å². The van der Waals surface area contributed by atoms with E-state index < -0.39 is 36.1 Å². The fourth-order valence-corrected chi connectivity index (χ4v) is 2.66. The fraction of sp³-hybridized carbons (Fsp3) is 0.391. The van der Waals surface area contributed by atoms with E-state index in [-0.39, 0.29) is 24.7 Å². The standard InChI is InChI=1S/C23H28N2O7/c1-6-11-30-13-18(25-22(28)32-23(2,3)4)21(27)31-14-19(26)16-12-15-9-7-8-10-17(15)24-20(16)29-5/h6-10,12,18H,1,11,13-14H2,2-5H3,(H,25,28)/t18-/m0/s1. The quantitative estimate of drug-likeness (QED) is 0.257. The molecule has 2 rings (SSSR count). The third-order valence-corrected chi connectivity index (χ3v) is 4.02. The molecule has 9 heteroatoms. The number of Topliss-reactive ketones (excluding diaryl/α,β-unsaturated/α-hetero) is 1. The van der Waals surface area contributed by atoms with Gasteiger partial charge in [-0.1, -0.05) is 24.3 Å². The van der Waals surface area contributed by atoms with Crippen LogP contribution in [0.3, 0.4) is 0 Å². The van der Waals surface area contributed by atoms with Crippen LogP contribution in [0.25, 0.3) is 10.9 Å². The van der Waals surface area contributed by atoms with Crippen molar-refractivity contribution in [2.24, 2.45) is 0 Å². The number of ether oxygens (including phenoxy) is 4. The Morgan fingerprint density at radius 3 is 2.59 bits per heavy atom. The average molecular weight is 444 g/mol. The molecule has 2 aromatic rings. The minimum atomic E-state index is -1.17. The number of aromatic nitrogens is 1. The number of fused-ring (bicyclic) bond motifs is 1. The Morgan fingerprint density at radius 2 is 1.94 bits per heavy atom. The molecular formula is C23H28N2O7. The highest BCUT2D eigenvalue weighted by Crippen LogP contribution is 2.22. The van der Waals surface area contributed by atoms with Gasteiger partial charge in [-0.25, -0.2) is 14.6 Å². The van der Waals surface area contributed by atoms with Crippen molar-refractivity contribution in [1.82, 2.24) is 10.3 Å². The van der Waals surface area contributed by atoms with E-state index in [0.29, 0.717) is 5.52 Å². The van der Waals surface area contributed by atoms with Crippen molar-refractivity contribution in [2.45, 2.75) is 32.4 Å². The number of alkyl carbamates (subject to hydrolysis) is 1. The van der Waals surface area contributed by atoms with Crippen LogP contribution in [0.2, 0.25) is 0 Å². The number of nitrogens with zero attached hydrogens (tertiary/aromatic N) is 1. The summed E-state index contributed by atoms with van der Waals surface area (Å²) in [5.41, 5.74) is 0.0910. The highest BCUT2D eigenvalue weighted by atomic mass is 16.6. The summed E-state index contributed by atoms with van der Waals surface area (Å²) in [4.78, 5) is 41.6. The smallest absolute Gasteiger partial charge is 0.408 e. The maximum atomic E-state index is 12.7. The summed E-state index contributed by atoms with van der Waals surface area (Å²) in [6.07, 6.45) is 0.687. The van der Waals surface area contributed by atoms with Gasteiger partial charge in [-0.15, -0.1) is 6.58 Å². The lowest BCUT2D eigenvalue weighted by molar-refractivity contribution is -0.146. The van der Waals surface area contributed by atoms with Crippen molar-refractivity contribution in [3.05, 3.63) is 48.6 Å². The van der Waals surface area contributed by atoms with Crippen molar-refractivity contribution in [3.63, 3.8) is 0 Å². The molecule has 0 spiro atoms. The van der Waals surface area contributed by atoms with Crippen LogP contribution >= 0.6 is 0 Å². The first-order chi connectivity index (χ1) is 15.1. The van der Waals surface area contributed by atoms with Gasteiger partial charge in [-0.05, 0) is 32.9 Å². The van der Waals surface area contributed by atoms with Crippen molar-refractivity contribution in [1.29, 1.82) is 0 Å². The zero-order chi connectivity index (χ0) is 23.7. The Balaban J connectivity index is 2.08. The molecule has 1 atom stereocenters. The number of hydrogen-bond acceptors (Lipinski definition) is 8. The number of ketones is 1. The molecule has 1 heterocycles. The first kappa shape index (κ1) is 24.8. The third-order valence-electron chi connectivity index (χ3n) is 4.02. The van der Waals surface area contributed by atoms with E-state index in [2.05, 4.69) is 16.9 Å². The van der Waals surface area contributed by atoms with Gasteiger partial charge < -0.3 is 24.3 Å². The van der Waals surface area contributed by atoms with E-state index in [1.54, 1.807) is 32.9 Å². The summed E-state index contributed by atoms with van der Waals surface area (Å²) >= 11 is 0. The Morgan fingerprint density at radius 1 is 1.22 bits per heavy atom. The Labute approximate surface area is 186 Å². The zero-order valence-corrected chi connectivity index (χ0v) is 18.7. The molecule has 1 aromatic heterocycles. The van der Waals surface area contributed by atoms with Crippen LogP contribution in [0, 0.1) is 0 Å². The van der Waals surface area contributed by atoms with Gasteiger partial charge in [0.05, 0.1) is 31.4 Å². The molecule has 32 heavy (non-hydrogen) atoms. The summed E-state index contributed by atoms with van der Waals surface area (Å²) in [5.74, 6) is -1.22. The number of pyridine rings is 1. The Kier molecular flexibility index (Phi) is 8.71. The molecule has 0 saturated carbocycles. The second-order valence-electron chi connectivity index (χ2n) is 7.79. The largest absolute Gasteiger partial charge is 0.480 e. The second-order valence-corrected chi connectivity index (χ2v) is 7.79. The van der Waals surface area contributed by atoms with Gasteiger partial charge in [0.2, 0.25) is 11.7 Å². The van der Waals surface area contributed by atoms with E-state index in [0.717, 1.165) is 5.39 Å². The number of nitrogens with one attached hydrogen (secondary N) is 1. The lowest BCUT2D eigenvalue weighted by atomic mass is 10.1. The molecule has 172 valence electrons. The zero-order valence-electron chi connectivity index (χ0n) is 18.7. The predicted octanol–water partition coefficient (Wildman–Crippen LogP) is 3.07. The predicted molar refractivity (Wildman–Crippen MR) is 118 cm³/mol. The molecule has 0 fully saturated rings. The maximum Gasteiger partial charge on any atom is 0.408 e. The van der Waals surface area contributed by atoms with Crippen LogP contribution in [0.4, 0.5) is 4.79 Å². The summed E-state index contributed by atoms with van der Waals surface area (Å²) in [5, 5.41) is 3.14. The lowest BCUT2D eigenvalue weighted by Gasteiger charge is -2.22. The summed E-state index contributed by atoms with van der Waals surface area (Å²) in [7, 11) is 1.40. The van der Waals surface area contributed by atoms with E-state index in [9.17, 15) is 14.4 Å². The summed E-state index contributed by atoms with van der Waals surface area (Å²) in [6.45, 7) is 8.02. The number of carbonyl (C=O) groups is 3. The normalized spacial score (nSPS) is 12.0. The first-order valence-corrected chi connectivity index (χ1v) is 9.96. The number of carbonyl (C=O) groups excluding carboxylic acids is 3. The van der Waals surface area contributed by atoms with Crippen LogP contribution in [-0.2, 0) is 19.0 Å². The van der Waals surface area contributed by atoms with Crippen LogP contribution in [0.1, 0.15) is 31.1 Å². The molecule has 0 saturated heterocycles. The molecule has 1 aromatic carbocycles. The maximum absolute atomic E-state index is 12.7. The molecule has 0 aliphatic heterocycles. The van der Waals surface area contributed by atoms with Crippen LogP contribution in [0.5, 0.6) is 5.88 Å². The van der Waals surface area contributed by atoms with E-state index in [1.807, 2.05) is 18.2 Å². The highest BCUT2D eigenvalue weighted by Gasteiger charge is 2.27. The highest BCUT2D eigenvalue weighted by molar-refractivity contribution is 6.02. The van der Waals surface area contributed by atoms with E-state index >= 15 is 0 Å². The summed E-state index contributed by atoms with van der Waals surface area (Å²) < 4.78 is 20.8. The van der Waals surface area contributed by atoms with Gasteiger partial charge in [0.25, 0.3) is 0 Å². The van der Waals surface area contributed by atoms with Crippen LogP contribution in [-0.4, -0.2) is 61.4 Å². The molecule has 0 radical (unpaired) electrons. The number of methoxy groups -OCH3 is 1. The molecule has 1 amide bonds. The number of benzene rings is 1. The molecule has 1 N–H and O–H groups in total. The van der Waals surface area contributed by atoms with E-state index in [4.69, 9.17) is 18.9 Å². The number of amides is 1. The molecule has 0 bridgehead atoms. The first-order valence-electron chi connectivity index (χ1n) is 9.96. The Hall–Kier alpha value is -3.46. The fourth-order valence-electron chi connectivity index (χ4n) is 2.66. The van der Waals surface area contributed by atoms with Crippen molar-refractivity contribution < 1.29 is 33.3 Å². The molecule has 0 aliphatic carbocycles. The van der Waals surface area contributed by atoms with Crippen LogP contribution in [0.15, 0.2) is 43.0 Å². The number of esters is 1. The molecular weight excluding hydrogens is 416 g/mol. The summed E-state index contributed by atoms with van der Waals surface area (Å²) in [6, 6.07) is 7.70. The van der Waals surface area contributed by atoms with Gasteiger partial charge in [0, 0.05) is 5.39 Å². The van der Waals surface area contributed by atoms with Crippen molar-refractivity contribution in [2.75, 3.05) is 26.9 Å². The number of rotatable bonds is 10. The lowest BCUT2D eigenvalue weighted by Crippen LogP contribution is -2.47. The van der Waals surface area contributed by atoms with E-state index in [1.165, 1.54) is 13.2 Å². The minimum Gasteiger partial charge on any atom is -0.480 e. The van der Waals surface area contributed by atoms with Crippen LogP contribution < -0.4 is 10.1 Å².